The third kappa shape index (κ3) is 5.38. The van der Waals surface area contributed by atoms with Crippen molar-refractivity contribution in [3.8, 4) is 0 Å². The molecule has 1 aromatic heterocycles. The van der Waals surface area contributed by atoms with E-state index in [0.29, 0.717) is 10.8 Å². The Morgan fingerprint density at radius 3 is 2.40 bits per heavy atom. The number of nitrogens with zero attached hydrogens (tertiary/aromatic N) is 3. The molecule has 35 heavy (non-hydrogen) atoms. The molecular formula is C26H21ClFN3O4. The summed E-state index contributed by atoms with van der Waals surface area (Å²) in [6, 6.07) is 20.1. The van der Waals surface area contributed by atoms with Crippen molar-refractivity contribution in [3.63, 3.8) is 0 Å². The lowest BCUT2D eigenvalue weighted by atomic mass is 10.1. The van der Waals surface area contributed by atoms with E-state index in [9.17, 15) is 18.8 Å². The van der Waals surface area contributed by atoms with E-state index in [4.69, 9.17) is 16.3 Å². The highest BCUT2D eigenvalue weighted by Gasteiger charge is 2.21. The number of rotatable bonds is 7. The number of hydrogen-bond acceptors (Lipinski definition) is 5. The monoisotopic (exact) mass is 493 g/mol. The van der Waals surface area contributed by atoms with Gasteiger partial charge in [-0.25, -0.2) is 13.9 Å². The second kappa shape index (κ2) is 10.5. The molecule has 0 radical (unpaired) electrons. The molecule has 0 saturated heterocycles. The first-order chi connectivity index (χ1) is 16.8. The molecule has 3 aromatic carbocycles. The van der Waals surface area contributed by atoms with Gasteiger partial charge in [0.25, 0.3) is 11.5 Å². The fraction of sp³-hybridized carbons (Fsp3) is 0.154. The molecule has 0 saturated carbocycles. The number of halogens is 2. The summed E-state index contributed by atoms with van der Waals surface area (Å²) in [7, 11) is 1.45. The van der Waals surface area contributed by atoms with Gasteiger partial charge in [0.1, 0.15) is 5.82 Å². The minimum atomic E-state index is -0.853. The molecule has 9 heteroatoms. The van der Waals surface area contributed by atoms with E-state index in [0.717, 1.165) is 5.56 Å². The molecule has 0 N–H and O–H groups in total. The third-order valence-corrected chi connectivity index (χ3v) is 5.80. The van der Waals surface area contributed by atoms with E-state index in [2.05, 4.69) is 5.10 Å². The van der Waals surface area contributed by atoms with Crippen LogP contribution < -0.4 is 5.56 Å². The fourth-order valence-corrected chi connectivity index (χ4v) is 3.79. The molecular weight excluding hydrogens is 473 g/mol. The van der Waals surface area contributed by atoms with E-state index >= 15 is 0 Å². The highest BCUT2D eigenvalue weighted by molar-refractivity contribution is 6.31. The van der Waals surface area contributed by atoms with Crippen LogP contribution >= 0.6 is 11.6 Å². The quantitative estimate of drug-likeness (QED) is 0.363. The second-order valence-corrected chi connectivity index (χ2v) is 8.28. The van der Waals surface area contributed by atoms with Crippen LogP contribution in [0.25, 0.3) is 10.8 Å². The van der Waals surface area contributed by atoms with Gasteiger partial charge in [-0.15, -0.1) is 0 Å². The summed E-state index contributed by atoms with van der Waals surface area (Å²) in [5.74, 6) is -1.95. The molecule has 0 atom stereocenters. The van der Waals surface area contributed by atoms with Crippen LogP contribution in [-0.2, 0) is 22.6 Å². The fourth-order valence-electron chi connectivity index (χ4n) is 3.56. The zero-order chi connectivity index (χ0) is 24.9. The van der Waals surface area contributed by atoms with E-state index in [-0.39, 0.29) is 34.9 Å². The highest BCUT2D eigenvalue weighted by Crippen LogP contribution is 2.20. The highest BCUT2D eigenvalue weighted by atomic mass is 35.5. The normalized spacial score (nSPS) is 10.8. The lowest BCUT2D eigenvalue weighted by Crippen LogP contribution is -2.32. The average Bonchev–Trinajstić information content (AvgIpc) is 2.87. The Hall–Kier alpha value is -4.04. The third-order valence-electron chi connectivity index (χ3n) is 5.45. The predicted molar refractivity (Wildman–Crippen MR) is 130 cm³/mol. The summed E-state index contributed by atoms with van der Waals surface area (Å²) in [4.78, 5) is 39.6. The van der Waals surface area contributed by atoms with Crippen LogP contribution in [-0.4, -0.2) is 40.2 Å². The lowest BCUT2D eigenvalue weighted by molar-refractivity contribution is -0.133. The number of carbonyl (C=O) groups excluding carboxylic acids is 2. The molecule has 178 valence electrons. The molecule has 0 aliphatic carbocycles. The summed E-state index contributed by atoms with van der Waals surface area (Å²) < 4.78 is 20.5. The first-order valence-electron chi connectivity index (χ1n) is 10.7. The van der Waals surface area contributed by atoms with Gasteiger partial charge in [0.05, 0.1) is 11.9 Å². The van der Waals surface area contributed by atoms with Crippen LogP contribution in [0.3, 0.4) is 0 Å². The van der Waals surface area contributed by atoms with Gasteiger partial charge in [-0.1, -0.05) is 66.2 Å². The molecule has 0 bridgehead atoms. The van der Waals surface area contributed by atoms with Crippen molar-refractivity contribution in [3.05, 3.63) is 111 Å². The number of amides is 1. The standard InChI is InChI=1S/C26H21ClFN3O4/c1-30(15-20-21(27)12-7-13-22(20)28)23(32)16-35-26(34)24-18-10-5-6-11-19(18)25(33)31(29-24)14-17-8-3-2-4-9-17/h2-13H,14-16H2,1H3. The van der Waals surface area contributed by atoms with Crippen LogP contribution in [0.15, 0.2) is 77.6 Å². The molecule has 7 nitrogen and oxygen atoms in total. The minimum Gasteiger partial charge on any atom is -0.451 e. The van der Waals surface area contributed by atoms with E-state index in [1.807, 2.05) is 30.3 Å². The van der Waals surface area contributed by atoms with Crippen molar-refractivity contribution >= 4 is 34.2 Å². The van der Waals surface area contributed by atoms with Crippen molar-refractivity contribution in [1.29, 1.82) is 0 Å². The van der Waals surface area contributed by atoms with Gasteiger partial charge in [0.2, 0.25) is 0 Å². The zero-order valence-corrected chi connectivity index (χ0v) is 19.5. The summed E-state index contributed by atoms with van der Waals surface area (Å²) in [6.07, 6.45) is 0. The zero-order valence-electron chi connectivity index (χ0n) is 18.8. The summed E-state index contributed by atoms with van der Waals surface area (Å²) in [6.45, 7) is -0.518. The topological polar surface area (TPSA) is 81.5 Å². The van der Waals surface area contributed by atoms with Gasteiger partial charge < -0.3 is 9.64 Å². The number of benzene rings is 3. The van der Waals surface area contributed by atoms with Crippen molar-refractivity contribution in [2.24, 2.45) is 0 Å². The van der Waals surface area contributed by atoms with Crippen molar-refractivity contribution in [1.82, 2.24) is 14.7 Å². The van der Waals surface area contributed by atoms with E-state index < -0.39 is 24.3 Å². The van der Waals surface area contributed by atoms with Gasteiger partial charge in [0, 0.05) is 29.6 Å². The smallest absolute Gasteiger partial charge is 0.359 e. The van der Waals surface area contributed by atoms with E-state index in [1.54, 1.807) is 24.3 Å². The maximum atomic E-state index is 14.0. The molecule has 0 aliphatic heterocycles. The Balaban J connectivity index is 1.54. The largest absolute Gasteiger partial charge is 0.451 e. The number of carbonyl (C=O) groups is 2. The number of aromatic nitrogens is 2. The van der Waals surface area contributed by atoms with Crippen LogP contribution in [0.4, 0.5) is 4.39 Å². The van der Waals surface area contributed by atoms with Crippen LogP contribution in [0.2, 0.25) is 5.02 Å². The Kier molecular flexibility index (Phi) is 7.22. The van der Waals surface area contributed by atoms with Crippen molar-refractivity contribution in [2.45, 2.75) is 13.1 Å². The molecule has 0 spiro atoms. The predicted octanol–water partition coefficient (Wildman–Crippen LogP) is 4.05. The second-order valence-electron chi connectivity index (χ2n) is 7.87. The summed E-state index contributed by atoms with van der Waals surface area (Å²) in [5.41, 5.74) is 0.569. The first kappa shape index (κ1) is 24.1. The number of hydrogen-bond donors (Lipinski definition) is 0. The van der Waals surface area contributed by atoms with Gasteiger partial charge >= 0.3 is 5.97 Å². The molecule has 4 aromatic rings. The molecule has 4 rings (SSSR count). The van der Waals surface area contributed by atoms with E-state index in [1.165, 1.54) is 34.8 Å². The first-order valence-corrected chi connectivity index (χ1v) is 11.1. The Bertz CT molecular complexity index is 1440. The SMILES string of the molecule is CN(Cc1c(F)cccc1Cl)C(=O)COC(=O)c1nn(Cc2ccccc2)c(=O)c2ccccc12. The van der Waals surface area contributed by atoms with Crippen molar-refractivity contribution in [2.75, 3.05) is 13.7 Å². The minimum absolute atomic E-state index is 0.0799. The summed E-state index contributed by atoms with van der Waals surface area (Å²) in [5, 5.41) is 5.07. The molecule has 0 aliphatic rings. The Morgan fingerprint density at radius 1 is 1.00 bits per heavy atom. The van der Waals surface area contributed by atoms with Gasteiger partial charge in [-0.05, 0) is 23.8 Å². The van der Waals surface area contributed by atoms with Crippen LogP contribution in [0, 0.1) is 5.82 Å². The van der Waals surface area contributed by atoms with Crippen LogP contribution in [0.5, 0.6) is 0 Å². The maximum absolute atomic E-state index is 14.0. The number of likely N-dealkylation sites (N-methyl/N-ethyl adjacent to an activating group) is 1. The number of ether oxygens (including phenoxy) is 1. The van der Waals surface area contributed by atoms with Gasteiger partial charge in [-0.2, -0.15) is 5.10 Å². The maximum Gasteiger partial charge on any atom is 0.359 e. The Morgan fingerprint density at radius 2 is 1.69 bits per heavy atom. The lowest BCUT2D eigenvalue weighted by Gasteiger charge is -2.18. The van der Waals surface area contributed by atoms with Gasteiger partial charge in [0.15, 0.2) is 12.3 Å². The average molecular weight is 494 g/mol. The number of fused-ring (bicyclic) bond motifs is 1. The molecule has 1 heterocycles. The Labute approximate surface area is 205 Å². The van der Waals surface area contributed by atoms with Crippen molar-refractivity contribution < 1.29 is 18.7 Å². The molecule has 0 unspecified atom stereocenters. The van der Waals surface area contributed by atoms with Gasteiger partial charge in [-0.3, -0.25) is 9.59 Å². The molecule has 0 fully saturated rings. The number of esters is 1. The summed E-state index contributed by atoms with van der Waals surface area (Å²) >= 11 is 6.03. The molecule has 1 amide bonds. The van der Waals surface area contributed by atoms with Crippen LogP contribution in [0.1, 0.15) is 21.6 Å².